The summed E-state index contributed by atoms with van der Waals surface area (Å²) in [6, 6.07) is 13.1. The van der Waals surface area contributed by atoms with Crippen LogP contribution in [0.2, 0.25) is 0 Å². The van der Waals surface area contributed by atoms with Gasteiger partial charge in [-0.05, 0) is 42.0 Å². The van der Waals surface area contributed by atoms with Gasteiger partial charge >= 0.3 is 0 Å². The summed E-state index contributed by atoms with van der Waals surface area (Å²) in [5.41, 5.74) is 1.21. The molecule has 1 heterocycles. The molecule has 1 atom stereocenters. The zero-order valence-corrected chi connectivity index (χ0v) is 14.3. The number of methoxy groups -OCH3 is 1. The van der Waals surface area contributed by atoms with Gasteiger partial charge in [0.05, 0.1) is 18.7 Å². The van der Waals surface area contributed by atoms with Crippen molar-refractivity contribution in [2.24, 2.45) is 0 Å². The quantitative estimate of drug-likeness (QED) is 0.481. The van der Waals surface area contributed by atoms with Gasteiger partial charge in [0.15, 0.2) is 0 Å². The number of rotatable bonds is 3. The molecule has 2 aromatic rings. The van der Waals surface area contributed by atoms with E-state index in [0.717, 1.165) is 4.47 Å². The first-order valence-corrected chi connectivity index (χ1v) is 7.98. The molecule has 0 aromatic heterocycles. The van der Waals surface area contributed by atoms with E-state index in [0.29, 0.717) is 16.9 Å². The van der Waals surface area contributed by atoms with Crippen LogP contribution < -0.4 is 10.1 Å². The van der Waals surface area contributed by atoms with Crippen LogP contribution in [0.3, 0.4) is 0 Å². The number of ketones is 1. The second kappa shape index (κ2) is 6.49. The van der Waals surface area contributed by atoms with Gasteiger partial charge in [-0.2, -0.15) is 0 Å². The molecule has 0 bridgehead atoms. The highest BCUT2D eigenvalue weighted by molar-refractivity contribution is 9.10. The first-order chi connectivity index (χ1) is 11.5. The van der Waals surface area contributed by atoms with Crippen LogP contribution in [0.15, 0.2) is 58.6 Å². The minimum Gasteiger partial charge on any atom is -0.507 e. The number of benzene rings is 2. The highest BCUT2D eigenvalue weighted by Gasteiger charge is 2.39. The Morgan fingerprint density at radius 2 is 1.71 bits per heavy atom. The summed E-state index contributed by atoms with van der Waals surface area (Å²) in [5.74, 6) is -1.03. The molecular weight excluding hydrogens is 374 g/mol. The van der Waals surface area contributed by atoms with E-state index in [9.17, 15) is 14.7 Å². The fourth-order valence-electron chi connectivity index (χ4n) is 2.58. The van der Waals surface area contributed by atoms with Crippen molar-refractivity contribution in [1.82, 2.24) is 5.32 Å². The third-order valence-corrected chi connectivity index (χ3v) is 4.37. The molecule has 1 amide bonds. The lowest BCUT2D eigenvalue weighted by Crippen LogP contribution is -2.21. The molecule has 5 nitrogen and oxygen atoms in total. The van der Waals surface area contributed by atoms with Crippen LogP contribution in [0.1, 0.15) is 17.2 Å². The van der Waals surface area contributed by atoms with E-state index in [1.807, 2.05) is 12.1 Å². The van der Waals surface area contributed by atoms with Crippen LogP contribution in [0.4, 0.5) is 0 Å². The van der Waals surface area contributed by atoms with E-state index in [1.165, 1.54) is 0 Å². The molecule has 1 unspecified atom stereocenters. The molecule has 2 N–H and O–H groups in total. The van der Waals surface area contributed by atoms with Crippen molar-refractivity contribution >= 4 is 33.4 Å². The largest absolute Gasteiger partial charge is 0.507 e. The summed E-state index contributed by atoms with van der Waals surface area (Å²) < 4.78 is 5.96. The van der Waals surface area contributed by atoms with E-state index in [-0.39, 0.29) is 11.3 Å². The normalized spacial score (nSPS) is 19.2. The van der Waals surface area contributed by atoms with Crippen molar-refractivity contribution in [3.8, 4) is 5.75 Å². The minimum absolute atomic E-state index is 0.0486. The Labute approximate surface area is 147 Å². The number of carbonyl (C=O) groups is 2. The zero-order valence-electron chi connectivity index (χ0n) is 12.7. The van der Waals surface area contributed by atoms with Crippen LogP contribution in [-0.4, -0.2) is 23.9 Å². The summed E-state index contributed by atoms with van der Waals surface area (Å²) in [6.07, 6.45) is 0. The molecule has 122 valence electrons. The Hall–Kier alpha value is -2.60. The molecule has 3 rings (SSSR count). The molecule has 0 spiro atoms. The maximum atomic E-state index is 12.2. The van der Waals surface area contributed by atoms with Crippen molar-refractivity contribution in [3.05, 3.63) is 69.7 Å². The van der Waals surface area contributed by atoms with Gasteiger partial charge in [0, 0.05) is 10.0 Å². The number of Topliss-reactive ketones (excluding diaryl/α,β-unsaturated/α-hetero) is 1. The Kier molecular flexibility index (Phi) is 4.40. The van der Waals surface area contributed by atoms with E-state index < -0.39 is 17.7 Å². The molecule has 6 heteroatoms. The topological polar surface area (TPSA) is 75.6 Å². The fraction of sp³-hybridized carbons (Fsp3) is 0.111. The fourth-order valence-corrected chi connectivity index (χ4v) is 2.84. The van der Waals surface area contributed by atoms with Gasteiger partial charge in [-0.1, -0.05) is 28.1 Å². The van der Waals surface area contributed by atoms with Crippen molar-refractivity contribution in [2.45, 2.75) is 6.04 Å². The van der Waals surface area contributed by atoms with Crippen molar-refractivity contribution in [3.63, 3.8) is 0 Å². The predicted octanol–water partition coefficient (Wildman–Crippen LogP) is 3.17. The molecule has 1 aliphatic heterocycles. The summed E-state index contributed by atoms with van der Waals surface area (Å²) in [5, 5.41) is 13.2. The van der Waals surface area contributed by atoms with E-state index in [1.54, 1.807) is 43.5 Å². The Morgan fingerprint density at radius 1 is 1.08 bits per heavy atom. The lowest BCUT2D eigenvalue weighted by atomic mass is 9.96. The SMILES string of the molecule is COc1ccc(C(O)=C2C(=O)C(=O)NC2c2ccc(Br)cc2)cc1. The number of carbonyl (C=O) groups excluding carboxylic acids is 2. The van der Waals surface area contributed by atoms with Gasteiger partial charge in [0.2, 0.25) is 0 Å². The number of ether oxygens (including phenoxy) is 1. The maximum absolute atomic E-state index is 12.2. The lowest BCUT2D eigenvalue weighted by molar-refractivity contribution is -0.133. The maximum Gasteiger partial charge on any atom is 0.293 e. The summed E-state index contributed by atoms with van der Waals surface area (Å²) in [6.45, 7) is 0. The van der Waals surface area contributed by atoms with E-state index in [2.05, 4.69) is 21.2 Å². The van der Waals surface area contributed by atoms with Gasteiger partial charge < -0.3 is 15.2 Å². The molecule has 1 saturated heterocycles. The van der Waals surface area contributed by atoms with E-state index >= 15 is 0 Å². The lowest BCUT2D eigenvalue weighted by Gasteiger charge is -2.14. The predicted molar refractivity (Wildman–Crippen MR) is 92.6 cm³/mol. The number of hydrogen-bond acceptors (Lipinski definition) is 4. The highest BCUT2D eigenvalue weighted by Crippen LogP contribution is 2.33. The average molecular weight is 388 g/mol. The van der Waals surface area contributed by atoms with Crippen LogP contribution in [0, 0.1) is 0 Å². The number of hydrogen-bond donors (Lipinski definition) is 2. The van der Waals surface area contributed by atoms with Crippen molar-refractivity contribution < 1.29 is 19.4 Å². The third-order valence-electron chi connectivity index (χ3n) is 3.84. The molecular formula is C18H14BrNO4. The van der Waals surface area contributed by atoms with Gasteiger partial charge in [-0.3, -0.25) is 9.59 Å². The average Bonchev–Trinajstić information content (AvgIpc) is 2.90. The highest BCUT2D eigenvalue weighted by atomic mass is 79.9. The molecule has 0 radical (unpaired) electrons. The number of aliphatic hydroxyl groups is 1. The summed E-state index contributed by atoms with van der Waals surface area (Å²) in [4.78, 5) is 24.1. The Bertz CT molecular complexity index is 825. The third kappa shape index (κ3) is 2.92. The van der Waals surface area contributed by atoms with Gasteiger partial charge in [-0.25, -0.2) is 0 Å². The summed E-state index contributed by atoms with van der Waals surface area (Å²) in [7, 11) is 1.54. The van der Waals surface area contributed by atoms with Crippen LogP contribution in [-0.2, 0) is 9.59 Å². The molecule has 24 heavy (non-hydrogen) atoms. The Balaban J connectivity index is 2.07. The molecule has 1 aliphatic rings. The number of halogens is 1. The zero-order chi connectivity index (χ0) is 17.3. The standard InChI is InChI=1S/C18H14BrNO4/c1-24-13-8-4-11(5-9-13)16(21)14-15(20-18(23)17(14)22)10-2-6-12(19)7-3-10/h2-9,15,21H,1H3,(H,20,23). The monoisotopic (exact) mass is 387 g/mol. The summed E-state index contributed by atoms with van der Waals surface area (Å²) >= 11 is 3.34. The van der Waals surface area contributed by atoms with Crippen molar-refractivity contribution in [1.29, 1.82) is 0 Å². The van der Waals surface area contributed by atoms with Crippen LogP contribution >= 0.6 is 15.9 Å². The number of amides is 1. The first kappa shape index (κ1) is 16.3. The second-order valence-corrected chi connectivity index (χ2v) is 6.19. The van der Waals surface area contributed by atoms with Crippen LogP contribution in [0.25, 0.3) is 5.76 Å². The van der Waals surface area contributed by atoms with Crippen LogP contribution in [0.5, 0.6) is 5.75 Å². The molecule has 2 aromatic carbocycles. The number of aliphatic hydroxyl groups excluding tert-OH is 1. The second-order valence-electron chi connectivity index (χ2n) is 5.28. The Morgan fingerprint density at radius 3 is 2.29 bits per heavy atom. The van der Waals surface area contributed by atoms with E-state index in [4.69, 9.17) is 4.74 Å². The number of nitrogens with one attached hydrogen (secondary N) is 1. The minimum atomic E-state index is -0.726. The first-order valence-electron chi connectivity index (χ1n) is 7.19. The van der Waals surface area contributed by atoms with Gasteiger partial charge in [0.1, 0.15) is 11.5 Å². The van der Waals surface area contributed by atoms with Gasteiger partial charge in [-0.15, -0.1) is 0 Å². The smallest absolute Gasteiger partial charge is 0.293 e. The van der Waals surface area contributed by atoms with Crippen molar-refractivity contribution in [2.75, 3.05) is 7.11 Å². The molecule has 0 aliphatic carbocycles. The molecule has 1 fully saturated rings. The molecule has 0 saturated carbocycles. The van der Waals surface area contributed by atoms with Gasteiger partial charge in [0.25, 0.3) is 11.7 Å².